The Labute approximate surface area is 213 Å². The molecule has 4 rings (SSSR count). The standard InChI is InChI=1S/C28H28F3N3O3/c1-16(2)12-22-27(37)34(24-10-5-6-11-33(22)24)21(15-25(35)36)20-13-19(14-23(32-20)28(29,30)31)26-17(3)8-7-9-18(26)4/h5-11,13-14,16,21-22H,12,15H2,1-4H3/p+1/t21-,22?/m0/s1. The van der Waals surface area contributed by atoms with Crippen LogP contribution < -0.4 is 9.47 Å². The number of fused-ring (bicyclic) bond motifs is 1. The van der Waals surface area contributed by atoms with Gasteiger partial charge < -0.3 is 5.11 Å². The Morgan fingerprint density at radius 2 is 1.78 bits per heavy atom. The topological polar surface area (TPSA) is 74.4 Å². The van der Waals surface area contributed by atoms with E-state index in [-0.39, 0.29) is 23.1 Å². The lowest BCUT2D eigenvalue weighted by Crippen LogP contribution is -2.39. The number of pyridine rings is 2. The van der Waals surface area contributed by atoms with E-state index in [1.807, 2.05) is 19.9 Å². The molecule has 1 aliphatic rings. The zero-order valence-electron chi connectivity index (χ0n) is 21.1. The molecule has 0 spiro atoms. The Bertz CT molecular complexity index is 1330. The van der Waals surface area contributed by atoms with Gasteiger partial charge in [0.15, 0.2) is 6.04 Å². The average Bonchev–Trinajstić information content (AvgIpc) is 3.07. The molecule has 1 unspecified atom stereocenters. The number of hydrogen-bond acceptors (Lipinski definition) is 3. The molecule has 1 N–H and O–H groups in total. The Hall–Kier alpha value is -3.75. The first kappa shape index (κ1) is 26.3. The van der Waals surface area contributed by atoms with Gasteiger partial charge in [-0.05, 0) is 60.2 Å². The summed E-state index contributed by atoms with van der Waals surface area (Å²) in [6.07, 6.45) is -3.13. The van der Waals surface area contributed by atoms with E-state index in [1.54, 1.807) is 54.9 Å². The number of carboxylic acid groups (broad SMARTS) is 1. The smallest absolute Gasteiger partial charge is 0.433 e. The number of alkyl halides is 3. The summed E-state index contributed by atoms with van der Waals surface area (Å²) in [5, 5.41) is 9.76. The lowest BCUT2D eigenvalue weighted by Gasteiger charge is -2.22. The fourth-order valence-electron chi connectivity index (χ4n) is 5.06. The van der Waals surface area contributed by atoms with Crippen LogP contribution in [0.15, 0.2) is 54.7 Å². The van der Waals surface area contributed by atoms with Crippen LogP contribution in [0, 0.1) is 19.8 Å². The summed E-state index contributed by atoms with van der Waals surface area (Å²) in [6.45, 7) is 7.55. The van der Waals surface area contributed by atoms with Crippen molar-refractivity contribution in [2.45, 2.75) is 58.8 Å². The highest BCUT2D eigenvalue weighted by Gasteiger charge is 2.50. The fourth-order valence-corrected chi connectivity index (χ4v) is 5.06. The second-order valence-electron chi connectivity index (χ2n) is 9.86. The predicted octanol–water partition coefficient (Wildman–Crippen LogP) is 5.82. The van der Waals surface area contributed by atoms with Crippen molar-refractivity contribution in [3.63, 3.8) is 0 Å². The monoisotopic (exact) mass is 512 g/mol. The minimum Gasteiger partial charge on any atom is -0.481 e. The Morgan fingerprint density at radius 1 is 1.11 bits per heavy atom. The van der Waals surface area contributed by atoms with E-state index in [2.05, 4.69) is 4.98 Å². The predicted molar refractivity (Wildman–Crippen MR) is 132 cm³/mol. The van der Waals surface area contributed by atoms with Crippen molar-refractivity contribution < 1.29 is 32.4 Å². The average molecular weight is 513 g/mol. The number of rotatable bonds is 7. The second-order valence-corrected chi connectivity index (χ2v) is 9.86. The van der Waals surface area contributed by atoms with Gasteiger partial charge in [0.1, 0.15) is 5.69 Å². The molecule has 0 radical (unpaired) electrons. The maximum absolute atomic E-state index is 14.0. The highest BCUT2D eigenvalue weighted by atomic mass is 19.4. The number of halogens is 3. The minimum atomic E-state index is -4.77. The fraction of sp³-hybridized carbons (Fsp3) is 0.357. The Balaban J connectivity index is 1.94. The normalized spacial score (nSPS) is 16.3. The molecular weight excluding hydrogens is 483 g/mol. The number of hydrogen-bond donors (Lipinski definition) is 1. The zero-order valence-corrected chi connectivity index (χ0v) is 21.1. The van der Waals surface area contributed by atoms with Crippen LogP contribution in [-0.4, -0.2) is 22.0 Å². The van der Waals surface area contributed by atoms with Crippen molar-refractivity contribution in [3.05, 3.63) is 77.2 Å². The molecule has 9 heteroatoms. The van der Waals surface area contributed by atoms with Crippen molar-refractivity contribution in [1.82, 2.24) is 4.98 Å². The van der Waals surface area contributed by atoms with Gasteiger partial charge in [-0.3, -0.25) is 4.79 Å². The molecule has 0 aliphatic carbocycles. The van der Waals surface area contributed by atoms with Gasteiger partial charge in [-0.1, -0.05) is 38.1 Å². The molecule has 0 fully saturated rings. The maximum atomic E-state index is 14.0. The third-order valence-electron chi connectivity index (χ3n) is 6.59. The van der Waals surface area contributed by atoms with Crippen molar-refractivity contribution in [2.75, 3.05) is 4.90 Å². The molecule has 0 saturated heterocycles. The van der Waals surface area contributed by atoms with Gasteiger partial charge in [-0.2, -0.15) is 18.1 Å². The molecular formula is C28H29F3N3O3+. The summed E-state index contributed by atoms with van der Waals surface area (Å²) in [5.74, 6) is -1.02. The summed E-state index contributed by atoms with van der Waals surface area (Å²) < 4.78 is 43.8. The summed E-state index contributed by atoms with van der Waals surface area (Å²) >= 11 is 0. The minimum absolute atomic E-state index is 0.121. The second kappa shape index (κ2) is 9.95. The highest BCUT2D eigenvalue weighted by Crippen LogP contribution is 2.39. The lowest BCUT2D eigenvalue weighted by atomic mass is 9.93. The van der Waals surface area contributed by atoms with Crippen LogP contribution in [0.25, 0.3) is 11.1 Å². The molecule has 6 nitrogen and oxygen atoms in total. The lowest BCUT2D eigenvalue weighted by molar-refractivity contribution is -0.690. The number of nitrogens with zero attached hydrogens (tertiary/aromatic N) is 3. The van der Waals surface area contributed by atoms with Gasteiger partial charge in [-0.25, -0.2) is 14.3 Å². The third kappa shape index (κ3) is 5.21. The molecule has 0 bridgehead atoms. The SMILES string of the molecule is Cc1cccc(C)c1-c1cc([C@H](CC(=O)O)N2C(=O)C(CC(C)C)[n+]3ccccc32)nc(C(F)(F)F)c1. The van der Waals surface area contributed by atoms with Crippen molar-refractivity contribution in [2.24, 2.45) is 5.92 Å². The van der Waals surface area contributed by atoms with E-state index in [1.165, 1.54) is 11.0 Å². The third-order valence-corrected chi connectivity index (χ3v) is 6.59. The number of amides is 1. The van der Waals surface area contributed by atoms with Crippen LogP contribution in [-0.2, 0) is 15.8 Å². The van der Waals surface area contributed by atoms with E-state index < -0.39 is 36.3 Å². The van der Waals surface area contributed by atoms with Gasteiger partial charge in [0, 0.05) is 12.5 Å². The number of anilines is 1. The van der Waals surface area contributed by atoms with Crippen LogP contribution >= 0.6 is 0 Å². The van der Waals surface area contributed by atoms with E-state index in [0.717, 1.165) is 17.2 Å². The quantitative estimate of drug-likeness (QED) is 0.405. The largest absolute Gasteiger partial charge is 0.481 e. The summed E-state index contributed by atoms with van der Waals surface area (Å²) in [7, 11) is 0. The van der Waals surface area contributed by atoms with Crippen LogP contribution in [0.3, 0.4) is 0 Å². The van der Waals surface area contributed by atoms with E-state index >= 15 is 0 Å². The first-order chi connectivity index (χ1) is 17.4. The maximum Gasteiger partial charge on any atom is 0.433 e. The molecule has 3 aromatic rings. The van der Waals surface area contributed by atoms with Crippen LogP contribution in [0.4, 0.5) is 19.0 Å². The van der Waals surface area contributed by atoms with Gasteiger partial charge >= 0.3 is 18.1 Å². The van der Waals surface area contributed by atoms with E-state index in [0.29, 0.717) is 17.8 Å². The van der Waals surface area contributed by atoms with Crippen LogP contribution in [0.5, 0.6) is 0 Å². The first-order valence-electron chi connectivity index (χ1n) is 12.1. The first-order valence-corrected chi connectivity index (χ1v) is 12.1. The number of aliphatic carboxylic acids is 1. The molecule has 1 amide bonds. The van der Waals surface area contributed by atoms with Crippen molar-refractivity contribution in [1.29, 1.82) is 0 Å². The van der Waals surface area contributed by atoms with Gasteiger partial charge in [0.2, 0.25) is 6.04 Å². The zero-order chi connectivity index (χ0) is 27.1. The molecule has 1 aromatic carbocycles. The van der Waals surface area contributed by atoms with Crippen molar-refractivity contribution in [3.8, 4) is 11.1 Å². The summed E-state index contributed by atoms with van der Waals surface area (Å²) in [5.41, 5.74) is 1.18. The molecule has 37 heavy (non-hydrogen) atoms. The van der Waals surface area contributed by atoms with E-state index in [4.69, 9.17) is 0 Å². The Morgan fingerprint density at radius 3 is 2.38 bits per heavy atom. The number of carboxylic acids is 1. The van der Waals surface area contributed by atoms with E-state index in [9.17, 15) is 27.9 Å². The summed E-state index contributed by atoms with van der Waals surface area (Å²) in [4.78, 5) is 30.9. The van der Waals surface area contributed by atoms with Gasteiger partial charge in [0.25, 0.3) is 5.82 Å². The van der Waals surface area contributed by atoms with Gasteiger partial charge in [0.05, 0.1) is 18.3 Å². The number of carbonyl (C=O) groups is 2. The molecule has 2 aromatic heterocycles. The summed E-state index contributed by atoms with van der Waals surface area (Å²) in [6, 6.07) is 11.2. The number of benzene rings is 1. The molecule has 1 aliphatic heterocycles. The molecule has 3 heterocycles. The highest BCUT2D eigenvalue weighted by molar-refractivity contribution is 5.97. The van der Waals surface area contributed by atoms with Crippen LogP contribution in [0.2, 0.25) is 0 Å². The number of aryl methyl sites for hydroxylation is 2. The number of aromatic nitrogens is 2. The molecule has 0 saturated carbocycles. The van der Waals surface area contributed by atoms with Gasteiger partial charge in [-0.15, -0.1) is 0 Å². The van der Waals surface area contributed by atoms with Crippen molar-refractivity contribution >= 4 is 17.7 Å². The molecule has 2 atom stereocenters. The number of carbonyl (C=O) groups excluding carboxylic acids is 1. The van der Waals surface area contributed by atoms with Crippen LogP contribution in [0.1, 0.15) is 61.3 Å². The molecule has 194 valence electrons. The Kier molecular flexibility index (Phi) is 7.08.